The number of hydrogen-bond acceptors (Lipinski definition) is 4. The SMILES string of the molecule is CCC[C@H](N)C(=O)Nc1sc2c(c1C#N)CCCCC2. The van der Waals surface area contributed by atoms with Gasteiger partial charge in [0.2, 0.25) is 5.91 Å². The summed E-state index contributed by atoms with van der Waals surface area (Å²) in [4.78, 5) is 13.3. The molecular weight excluding hydrogens is 270 g/mol. The van der Waals surface area contributed by atoms with Gasteiger partial charge in [-0.2, -0.15) is 5.26 Å². The Balaban J connectivity index is 2.20. The first-order valence-electron chi connectivity index (χ1n) is 7.28. The summed E-state index contributed by atoms with van der Waals surface area (Å²) in [7, 11) is 0. The highest BCUT2D eigenvalue weighted by Gasteiger charge is 2.22. The molecule has 1 amide bonds. The molecule has 108 valence electrons. The second-order valence-electron chi connectivity index (χ2n) is 5.26. The smallest absolute Gasteiger partial charge is 0.241 e. The summed E-state index contributed by atoms with van der Waals surface area (Å²) in [5.41, 5.74) is 7.63. The molecule has 0 radical (unpaired) electrons. The van der Waals surface area contributed by atoms with Crippen LogP contribution in [0.25, 0.3) is 0 Å². The second-order valence-corrected chi connectivity index (χ2v) is 6.37. The minimum absolute atomic E-state index is 0.181. The van der Waals surface area contributed by atoms with Crippen LogP contribution in [-0.2, 0) is 17.6 Å². The molecule has 0 spiro atoms. The van der Waals surface area contributed by atoms with E-state index in [1.165, 1.54) is 17.7 Å². The number of amides is 1. The number of anilines is 1. The van der Waals surface area contributed by atoms with Gasteiger partial charge in [0.15, 0.2) is 0 Å². The Morgan fingerprint density at radius 3 is 2.90 bits per heavy atom. The molecule has 2 rings (SSSR count). The number of hydrogen-bond donors (Lipinski definition) is 2. The van der Waals surface area contributed by atoms with E-state index >= 15 is 0 Å². The van der Waals surface area contributed by atoms with Crippen LogP contribution in [0.1, 0.15) is 55.0 Å². The Morgan fingerprint density at radius 2 is 2.20 bits per heavy atom. The summed E-state index contributed by atoms with van der Waals surface area (Å²) >= 11 is 1.55. The van der Waals surface area contributed by atoms with Gasteiger partial charge < -0.3 is 11.1 Å². The predicted molar refractivity (Wildman–Crippen MR) is 81.8 cm³/mol. The molecule has 0 aliphatic heterocycles. The zero-order valence-corrected chi connectivity index (χ0v) is 12.7. The highest BCUT2D eigenvalue weighted by atomic mass is 32.1. The van der Waals surface area contributed by atoms with Crippen molar-refractivity contribution in [3.05, 3.63) is 16.0 Å². The van der Waals surface area contributed by atoms with Gasteiger partial charge in [-0.3, -0.25) is 4.79 Å². The van der Waals surface area contributed by atoms with Gasteiger partial charge in [-0.25, -0.2) is 0 Å². The van der Waals surface area contributed by atoms with Crippen LogP contribution in [0.15, 0.2) is 0 Å². The number of nitrogens with two attached hydrogens (primary N) is 1. The van der Waals surface area contributed by atoms with Crippen molar-refractivity contribution in [1.29, 1.82) is 5.26 Å². The minimum Gasteiger partial charge on any atom is -0.320 e. The summed E-state index contributed by atoms with van der Waals surface area (Å²) < 4.78 is 0. The van der Waals surface area contributed by atoms with Crippen LogP contribution in [0, 0.1) is 11.3 Å². The third-order valence-electron chi connectivity index (χ3n) is 3.71. The van der Waals surface area contributed by atoms with Crippen LogP contribution in [0.4, 0.5) is 5.00 Å². The van der Waals surface area contributed by atoms with Gasteiger partial charge in [0.25, 0.3) is 0 Å². The van der Waals surface area contributed by atoms with E-state index in [9.17, 15) is 10.1 Å². The van der Waals surface area contributed by atoms with E-state index in [1.807, 2.05) is 6.92 Å². The molecule has 0 fully saturated rings. The van der Waals surface area contributed by atoms with Gasteiger partial charge in [-0.1, -0.05) is 19.8 Å². The molecule has 3 N–H and O–H groups in total. The number of aryl methyl sites for hydroxylation is 1. The lowest BCUT2D eigenvalue weighted by molar-refractivity contribution is -0.117. The van der Waals surface area contributed by atoms with Gasteiger partial charge >= 0.3 is 0 Å². The van der Waals surface area contributed by atoms with Crippen molar-refractivity contribution in [3.63, 3.8) is 0 Å². The summed E-state index contributed by atoms with van der Waals surface area (Å²) in [6.45, 7) is 2.00. The molecular formula is C15H21N3OS. The molecule has 0 saturated carbocycles. The van der Waals surface area contributed by atoms with E-state index < -0.39 is 6.04 Å². The van der Waals surface area contributed by atoms with Crippen LogP contribution in [0.2, 0.25) is 0 Å². The maximum atomic E-state index is 12.0. The zero-order chi connectivity index (χ0) is 14.5. The molecule has 0 bridgehead atoms. The van der Waals surface area contributed by atoms with Crippen LogP contribution >= 0.6 is 11.3 Å². The summed E-state index contributed by atoms with van der Waals surface area (Å²) in [6, 6.07) is 1.77. The van der Waals surface area contributed by atoms with E-state index in [0.29, 0.717) is 17.0 Å². The van der Waals surface area contributed by atoms with Crippen molar-refractivity contribution in [2.45, 2.75) is 57.9 Å². The van der Waals surface area contributed by atoms with Crippen LogP contribution < -0.4 is 11.1 Å². The van der Waals surface area contributed by atoms with Crippen LogP contribution in [0.3, 0.4) is 0 Å². The van der Waals surface area contributed by atoms with E-state index in [-0.39, 0.29) is 5.91 Å². The topological polar surface area (TPSA) is 78.9 Å². The normalized spacial score (nSPS) is 15.8. The lowest BCUT2D eigenvalue weighted by atomic mass is 10.1. The van der Waals surface area contributed by atoms with Gasteiger partial charge in [-0.15, -0.1) is 11.3 Å². The average molecular weight is 291 g/mol. The van der Waals surface area contributed by atoms with Crippen molar-refractivity contribution in [2.75, 3.05) is 5.32 Å². The molecule has 1 aromatic rings. The first-order chi connectivity index (χ1) is 9.67. The molecule has 0 saturated heterocycles. The van der Waals surface area contributed by atoms with E-state index in [2.05, 4.69) is 11.4 Å². The molecule has 1 atom stereocenters. The fourth-order valence-corrected chi connectivity index (χ4v) is 3.84. The molecule has 1 aliphatic carbocycles. The maximum Gasteiger partial charge on any atom is 0.241 e. The summed E-state index contributed by atoms with van der Waals surface area (Å²) in [6.07, 6.45) is 7.02. The van der Waals surface area contributed by atoms with Gasteiger partial charge in [-0.05, 0) is 37.7 Å². The Bertz CT molecular complexity index is 530. The highest BCUT2D eigenvalue weighted by Crippen LogP contribution is 2.36. The Hall–Kier alpha value is -1.38. The predicted octanol–water partition coefficient (Wildman–Crippen LogP) is 2.95. The third kappa shape index (κ3) is 3.20. The fourth-order valence-electron chi connectivity index (χ4n) is 2.60. The first-order valence-corrected chi connectivity index (χ1v) is 8.10. The Kier molecular flexibility index (Phi) is 5.16. The third-order valence-corrected chi connectivity index (χ3v) is 4.91. The maximum absolute atomic E-state index is 12.0. The Morgan fingerprint density at radius 1 is 1.45 bits per heavy atom. The first kappa shape index (κ1) is 15.0. The van der Waals surface area contributed by atoms with Crippen molar-refractivity contribution in [1.82, 2.24) is 0 Å². The quantitative estimate of drug-likeness (QED) is 0.837. The van der Waals surface area contributed by atoms with Gasteiger partial charge in [0.05, 0.1) is 11.6 Å². The van der Waals surface area contributed by atoms with Crippen molar-refractivity contribution >= 4 is 22.2 Å². The molecule has 4 nitrogen and oxygen atoms in total. The van der Waals surface area contributed by atoms with Crippen molar-refractivity contribution in [2.24, 2.45) is 5.73 Å². The van der Waals surface area contributed by atoms with Crippen LogP contribution in [0.5, 0.6) is 0 Å². The second kappa shape index (κ2) is 6.87. The van der Waals surface area contributed by atoms with Gasteiger partial charge in [0.1, 0.15) is 11.1 Å². The monoisotopic (exact) mass is 291 g/mol. The number of carbonyl (C=O) groups is 1. The molecule has 0 unspecified atom stereocenters. The van der Waals surface area contributed by atoms with E-state index in [0.717, 1.165) is 31.2 Å². The number of nitrogens with zero attached hydrogens (tertiary/aromatic N) is 1. The largest absolute Gasteiger partial charge is 0.320 e. The standard InChI is InChI=1S/C15H21N3OS/c1-2-6-12(17)14(19)18-15-11(9-16)10-7-4-3-5-8-13(10)20-15/h12H,2-8,17H2,1H3,(H,18,19)/t12-/m0/s1. The van der Waals surface area contributed by atoms with Gasteiger partial charge in [0, 0.05) is 4.88 Å². The average Bonchev–Trinajstić information content (AvgIpc) is 2.60. The number of nitrogens with one attached hydrogen (secondary N) is 1. The molecule has 1 aromatic heterocycles. The molecule has 20 heavy (non-hydrogen) atoms. The van der Waals surface area contributed by atoms with Crippen molar-refractivity contribution < 1.29 is 4.79 Å². The van der Waals surface area contributed by atoms with E-state index in [1.54, 1.807) is 11.3 Å². The number of thiophene rings is 1. The molecule has 0 aromatic carbocycles. The summed E-state index contributed by atoms with van der Waals surface area (Å²) in [5.74, 6) is -0.181. The zero-order valence-electron chi connectivity index (χ0n) is 11.9. The molecule has 1 aliphatic rings. The number of nitriles is 1. The molecule has 1 heterocycles. The van der Waals surface area contributed by atoms with Crippen molar-refractivity contribution in [3.8, 4) is 6.07 Å². The Labute approximate surface area is 124 Å². The lowest BCUT2D eigenvalue weighted by Crippen LogP contribution is -2.35. The number of rotatable bonds is 4. The summed E-state index contributed by atoms with van der Waals surface area (Å²) in [5, 5.41) is 12.9. The van der Waals surface area contributed by atoms with Crippen LogP contribution in [-0.4, -0.2) is 11.9 Å². The minimum atomic E-state index is -0.492. The number of carbonyl (C=O) groups excluding carboxylic acids is 1. The number of fused-ring (bicyclic) bond motifs is 1. The van der Waals surface area contributed by atoms with E-state index in [4.69, 9.17) is 5.73 Å². The highest BCUT2D eigenvalue weighted by molar-refractivity contribution is 7.16. The molecule has 5 heteroatoms. The fraction of sp³-hybridized carbons (Fsp3) is 0.600. The lowest BCUT2D eigenvalue weighted by Gasteiger charge is -2.10.